The van der Waals surface area contributed by atoms with Gasteiger partial charge in [-0.15, -0.1) is 0 Å². The number of carbonyl (C=O) groups is 2. The molecule has 0 spiro atoms. The lowest BCUT2D eigenvalue weighted by Crippen LogP contribution is -2.40. The van der Waals surface area contributed by atoms with E-state index in [4.69, 9.17) is 0 Å². The average molecular weight is 466 g/mol. The number of rotatable bonds is 6. The number of amides is 2. The summed E-state index contributed by atoms with van der Waals surface area (Å²) in [7, 11) is -2.38. The standard InChI is InChI=1S/C25H27N3O4S/c1-25(2,3)27-24(30)18-13-15-20(16-14-18)26-23(29)19-9-8-12-22(17-19)33(31,32)28(4)21-10-6-5-7-11-21/h5-17H,1-4H3,(H,26,29)(H,27,30). The second kappa shape index (κ2) is 9.46. The second-order valence-electron chi connectivity index (χ2n) is 8.57. The molecule has 2 N–H and O–H groups in total. The van der Waals surface area contributed by atoms with Crippen LogP contribution in [0.5, 0.6) is 0 Å². The van der Waals surface area contributed by atoms with Crippen molar-refractivity contribution in [1.29, 1.82) is 0 Å². The van der Waals surface area contributed by atoms with Gasteiger partial charge in [-0.25, -0.2) is 8.42 Å². The monoisotopic (exact) mass is 465 g/mol. The lowest BCUT2D eigenvalue weighted by atomic mass is 10.1. The zero-order chi connectivity index (χ0) is 24.2. The summed E-state index contributed by atoms with van der Waals surface area (Å²) in [6.07, 6.45) is 0. The predicted octanol–water partition coefficient (Wildman–Crippen LogP) is 4.29. The molecule has 0 aromatic heterocycles. The summed E-state index contributed by atoms with van der Waals surface area (Å²) < 4.78 is 27.2. The number of hydrogen-bond donors (Lipinski definition) is 2. The molecule has 0 fully saturated rings. The molecular weight excluding hydrogens is 438 g/mol. The first kappa shape index (κ1) is 24.0. The van der Waals surface area contributed by atoms with Crippen molar-refractivity contribution < 1.29 is 18.0 Å². The summed E-state index contributed by atoms with van der Waals surface area (Å²) in [5, 5.41) is 5.61. The van der Waals surface area contributed by atoms with Crippen LogP contribution in [0.3, 0.4) is 0 Å². The molecule has 0 aliphatic heterocycles. The minimum atomic E-state index is -3.84. The molecule has 0 aliphatic rings. The van der Waals surface area contributed by atoms with Crippen LogP contribution in [-0.2, 0) is 10.0 Å². The maximum Gasteiger partial charge on any atom is 0.264 e. The van der Waals surface area contributed by atoms with E-state index in [2.05, 4.69) is 10.6 Å². The topological polar surface area (TPSA) is 95.6 Å². The highest BCUT2D eigenvalue weighted by molar-refractivity contribution is 7.92. The van der Waals surface area contributed by atoms with Crippen molar-refractivity contribution in [3.8, 4) is 0 Å². The Balaban J connectivity index is 1.75. The highest BCUT2D eigenvalue weighted by Crippen LogP contribution is 2.23. The summed E-state index contributed by atoms with van der Waals surface area (Å²) in [5.41, 5.74) is 1.32. The third-order valence-corrected chi connectivity index (χ3v) is 6.55. The Morgan fingerprint density at radius 3 is 2.03 bits per heavy atom. The number of sulfonamides is 1. The lowest BCUT2D eigenvalue weighted by Gasteiger charge is -2.20. The van der Waals surface area contributed by atoms with Crippen LogP contribution >= 0.6 is 0 Å². The smallest absolute Gasteiger partial charge is 0.264 e. The normalized spacial score (nSPS) is 11.5. The zero-order valence-electron chi connectivity index (χ0n) is 19.0. The second-order valence-corrected chi connectivity index (χ2v) is 10.5. The minimum absolute atomic E-state index is 0.00991. The van der Waals surface area contributed by atoms with Gasteiger partial charge in [0.2, 0.25) is 0 Å². The summed E-state index contributed by atoms with van der Waals surface area (Å²) >= 11 is 0. The third kappa shape index (κ3) is 5.98. The molecule has 8 heteroatoms. The van der Waals surface area contributed by atoms with Gasteiger partial charge in [0.05, 0.1) is 10.6 Å². The SMILES string of the molecule is CN(c1ccccc1)S(=O)(=O)c1cccc(C(=O)Nc2ccc(C(=O)NC(C)(C)C)cc2)c1. The number of para-hydroxylation sites is 1. The van der Waals surface area contributed by atoms with Crippen LogP contribution in [0.4, 0.5) is 11.4 Å². The number of hydrogen-bond acceptors (Lipinski definition) is 4. The first-order valence-corrected chi connectivity index (χ1v) is 11.8. The van der Waals surface area contributed by atoms with E-state index in [1.54, 1.807) is 60.7 Å². The van der Waals surface area contributed by atoms with Crippen LogP contribution in [0.25, 0.3) is 0 Å². The van der Waals surface area contributed by atoms with Crippen molar-refractivity contribution in [3.05, 3.63) is 90.0 Å². The summed E-state index contributed by atoms with van der Waals surface area (Å²) in [5.74, 6) is -0.665. The molecule has 0 bridgehead atoms. The number of nitrogens with zero attached hydrogens (tertiary/aromatic N) is 1. The average Bonchev–Trinajstić information content (AvgIpc) is 2.78. The van der Waals surface area contributed by atoms with E-state index in [0.717, 1.165) is 0 Å². The molecule has 7 nitrogen and oxygen atoms in total. The summed E-state index contributed by atoms with van der Waals surface area (Å²) in [4.78, 5) is 25.0. The van der Waals surface area contributed by atoms with Crippen molar-refractivity contribution in [3.63, 3.8) is 0 Å². The Kier molecular flexibility index (Phi) is 6.88. The fraction of sp³-hybridized carbons (Fsp3) is 0.200. The molecule has 2 amide bonds. The summed E-state index contributed by atoms with van der Waals surface area (Å²) in [6, 6.07) is 21.0. The quantitative estimate of drug-likeness (QED) is 0.568. The Morgan fingerprint density at radius 1 is 0.788 bits per heavy atom. The zero-order valence-corrected chi connectivity index (χ0v) is 19.8. The van der Waals surface area contributed by atoms with Gasteiger partial charge in [-0.3, -0.25) is 13.9 Å². The fourth-order valence-corrected chi connectivity index (χ4v) is 4.30. The van der Waals surface area contributed by atoms with E-state index >= 15 is 0 Å². The van der Waals surface area contributed by atoms with Gasteiger partial charge in [-0.1, -0.05) is 24.3 Å². The van der Waals surface area contributed by atoms with E-state index in [9.17, 15) is 18.0 Å². The fourth-order valence-electron chi connectivity index (χ4n) is 3.05. The Bertz CT molecular complexity index is 1250. The minimum Gasteiger partial charge on any atom is -0.347 e. The highest BCUT2D eigenvalue weighted by atomic mass is 32.2. The van der Waals surface area contributed by atoms with Gasteiger partial charge in [0.15, 0.2) is 0 Å². The largest absolute Gasteiger partial charge is 0.347 e. The van der Waals surface area contributed by atoms with Gasteiger partial charge in [0.25, 0.3) is 21.8 Å². The molecular formula is C25H27N3O4S. The first-order chi connectivity index (χ1) is 15.5. The van der Waals surface area contributed by atoms with Crippen LogP contribution in [-0.4, -0.2) is 32.8 Å². The van der Waals surface area contributed by atoms with E-state index in [0.29, 0.717) is 16.9 Å². The Hall–Kier alpha value is -3.65. The lowest BCUT2D eigenvalue weighted by molar-refractivity contribution is 0.0919. The molecule has 0 aliphatic carbocycles. The van der Waals surface area contributed by atoms with E-state index in [1.807, 2.05) is 20.8 Å². The molecule has 3 aromatic rings. The third-order valence-electron chi connectivity index (χ3n) is 4.77. The van der Waals surface area contributed by atoms with E-state index in [1.165, 1.54) is 29.6 Å². The molecule has 0 unspecified atom stereocenters. The van der Waals surface area contributed by atoms with Gasteiger partial charge in [-0.2, -0.15) is 0 Å². The molecule has 0 saturated heterocycles. The van der Waals surface area contributed by atoms with Gasteiger partial charge in [0.1, 0.15) is 0 Å². The first-order valence-electron chi connectivity index (χ1n) is 10.4. The van der Waals surface area contributed by atoms with Crippen LogP contribution in [0.15, 0.2) is 83.8 Å². The van der Waals surface area contributed by atoms with Crippen LogP contribution in [0.2, 0.25) is 0 Å². The number of carbonyl (C=O) groups excluding carboxylic acids is 2. The number of nitrogens with one attached hydrogen (secondary N) is 2. The molecule has 0 radical (unpaired) electrons. The van der Waals surface area contributed by atoms with Gasteiger partial charge < -0.3 is 10.6 Å². The van der Waals surface area contributed by atoms with E-state index < -0.39 is 15.9 Å². The van der Waals surface area contributed by atoms with Gasteiger partial charge in [0, 0.05) is 29.4 Å². The molecule has 3 rings (SSSR count). The Labute approximate surface area is 194 Å². The van der Waals surface area contributed by atoms with Crippen LogP contribution in [0, 0.1) is 0 Å². The molecule has 33 heavy (non-hydrogen) atoms. The van der Waals surface area contributed by atoms with Crippen molar-refractivity contribution in [1.82, 2.24) is 5.32 Å². The van der Waals surface area contributed by atoms with E-state index in [-0.39, 0.29) is 21.9 Å². The van der Waals surface area contributed by atoms with Crippen LogP contribution < -0.4 is 14.9 Å². The maximum atomic E-state index is 13.0. The molecule has 0 saturated carbocycles. The van der Waals surface area contributed by atoms with Crippen molar-refractivity contribution in [2.75, 3.05) is 16.7 Å². The van der Waals surface area contributed by atoms with Crippen molar-refractivity contribution in [2.24, 2.45) is 0 Å². The van der Waals surface area contributed by atoms with Crippen LogP contribution in [0.1, 0.15) is 41.5 Å². The predicted molar refractivity (Wildman–Crippen MR) is 130 cm³/mol. The van der Waals surface area contributed by atoms with Gasteiger partial charge >= 0.3 is 0 Å². The number of benzene rings is 3. The van der Waals surface area contributed by atoms with Crippen molar-refractivity contribution >= 4 is 33.2 Å². The molecule has 172 valence electrons. The molecule has 0 heterocycles. The maximum absolute atomic E-state index is 13.0. The number of anilines is 2. The van der Waals surface area contributed by atoms with Gasteiger partial charge in [-0.05, 0) is 75.4 Å². The Morgan fingerprint density at radius 2 is 1.42 bits per heavy atom. The highest BCUT2D eigenvalue weighted by Gasteiger charge is 2.22. The molecule has 0 atom stereocenters. The molecule has 3 aromatic carbocycles. The summed E-state index contributed by atoms with van der Waals surface area (Å²) in [6.45, 7) is 5.68. The van der Waals surface area contributed by atoms with Crippen molar-refractivity contribution in [2.45, 2.75) is 31.2 Å².